The van der Waals surface area contributed by atoms with Gasteiger partial charge in [0.05, 0.1) is 17.4 Å². The number of aryl methyl sites for hydroxylation is 1. The largest absolute Gasteiger partial charge is 0.376 e. The van der Waals surface area contributed by atoms with E-state index in [9.17, 15) is 14.4 Å². The molecule has 2 aromatic carbocycles. The van der Waals surface area contributed by atoms with Gasteiger partial charge in [-0.1, -0.05) is 42.0 Å². The Hall–Kier alpha value is -3.19. The van der Waals surface area contributed by atoms with Gasteiger partial charge < -0.3 is 20.7 Å². The van der Waals surface area contributed by atoms with Crippen LogP contribution >= 0.6 is 0 Å². The standard InChI is InChI=1S/C22H25N3O4/c1-15-8-10-16(11-9-15)13-23-20(26)18-6-2-3-7-19(18)25-22(28)21(27)24-14-17-5-4-12-29-17/h2-3,6-11,17H,4-5,12-14H2,1H3,(H,23,26)(H,24,27)(H,25,28)/t17-/m1/s1. The second-order valence-corrected chi connectivity index (χ2v) is 7.01. The molecule has 1 fully saturated rings. The lowest BCUT2D eigenvalue weighted by atomic mass is 10.1. The molecule has 3 N–H and O–H groups in total. The quantitative estimate of drug-likeness (QED) is 0.653. The molecule has 1 aliphatic heterocycles. The molecule has 1 saturated heterocycles. The van der Waals surface area contributed by atoms with Crippen LogP contribution < -0.4 is 16.0 Å². The highest BCUT2D eigenvalue weighted by atomic mass is 16.5. The molecule has 1 heterocycles. The van der Waals surface area contributed by atoms with Crippen LogP contribution in [0.15, 0.2) is 48.5 Å². The number of anilines is 1. The molecule has 1 atom stereocenters. The number of para-hydroxylation sites is 1. The number of amides is 3. The summed E-state index contributed by atoms with van der Waals surface area (Å²) in [5.74, 6) is -1.90. The van der Waals surface area contributed by atoms with E-state index in [4.69, 9.17) is 4.74 Å². The Bertz CT molecular complexity index is 874. The van der Waals surface area contributed by atoms with Crippen LogP contribution in [0.3, 0.4) is 0 Å². The molecule has 0 spiro atoms. The lowest BCUT2D eigenvalue weighted by Gasteiger charge is -2.13. The Kier molecular flexibility index (Phi) is 6.97. The summed E-state index contributed by atoms with van der Waals surface area (Å²) in [5.41, 5.74) is 2.69. The van der Waals surface area contributed by atoms with Crippen molar-refractivity contribution < 1.29 is 19.1 Å². The molecule has 1 aliphatic rings. The predicted molar refractivity (Wildman–Crippen MR) is 109 cm³/mol. The summed E-state index contributed by atoms with van der Waals surface area (Å²) in [5, 5.41) is 7.92. The summed E-state index contributed by atoms with van der Waals surface area (Å²) >= 11 is 0. The maximum absolute atomic E-state index is 12.6. The Morgan fingerprint density at radius 3 is 2.48 bits per heavy atom. The Morgan fingerprint density at radius 1 is 1.00 bits per heavy atom. The zero-order valence-corrected chi connectivity index (χ0v) is 16.4. The number of rotatable bonds is 6. The third-order valence-electron chi connectivity index (χ3n) is 4.71. The summed E-state index contributed by atoms with van der Waals surface area (Å²) in [6, 6.07) is 14.4. The SMILES string of the molecule is Cc1ccc(CNC(=O)c2ccccc2NC(=O)C(=O)NC[C@H]2CCCO2)cc1. The van der Waals surface area contributed by atoms with Gasteiger partial charge >= 0.3 is 11.8 Å². The fraction of sp³-hybridized carbons (Fsp3) is 0.318. The van der Waals surface area contributed by atoms with E-state index in [1.807, 2.05) is 31.2 Å². The molecule has 7 nitrogen and oxygen atoms in total. The molecule has 0 saturated carbocycles. The molecule has 3 amide bonds. The number of hydrogen-bond donors (Lipinski definition) is 3. The highest BCUT2D eigenvalue weighted by molar-refractivity contribution is 6.40. The van der Waals surface area contributed by atoms with E-state index >= 15 is 0 Å². The van der Waals surface area contributed by atoms with Crippen molar-refractivity contribution in [3.05, 3.63) is 65.2 Å². The van der Waals surface area contributed by atoms with E-state index in [1.165, 1.54) is 0 Å². The maximum atomic E-state index is 12.6. The molecular formula is C22H25N3O4. The van der Waals surface area contributed by atoms with E-state index < -0.39 is 11.8 Å². The fourth-order valence-electron chi connectivity index (χ4n) is 3.04. The molecule has 0 radical (unpaired) electrons. The average molecular weight is 395 g/mol. The van der Waals surface area contributed by atoms with Crippen molar-refractivity contribution in [2.75, 3.05) is 18.5 Å². The minimum atomic E-state index is -0.818. The van der Waals surface area contributed by atoms with Crippen molar-refractivity contribution >= 4 is 23.4 Å². The molecule has 29 heavy (non-hydrogen) atoms. The van der Waals surface area contributed by atoms with Crippen LogP contribution in [0.1, 0.15) is 34.3 Å². The van der Waals surface area contributed by atoms with Crippen LogP contribution in [-0.2, 0) is 20.9 Å². The Morgan fingerprint density at radius 2 is 1.76 bits per heavy atom. The highest BCUT2D eigenvalue weighted by Gasteiger charge is 2.21. The molecule has 152 valence electrons. The third-order valence-corrected chi connectivity index (χ3v) is 4.71. The summed E-state index contributed by atoms with van der Waals surface area (Å²) in [6.07, 6.45) is 1.77. The highest BCUT2D eigenvalue weighted by Crippen LogP contribution is 2.15. The third kappa shape index (κ3) is 5.89. The molecule has 2 aromatic rings. The molecule has 0 aliphatic carbocycles. The summed E-state index contributed by atoms with van der Waals surface area (Å²) < 4.78 is 5.42. The first-order valence-electron chi connectivity index (χ1n) is 9.66. The first-order valence-corrected chi connectivity index (χ1v) is 9.66. The summed E-state index contributed by atoms with van der Waals surface area (Å²) in [6.45, 7) is 3.34. The van der Waals surface area contributed by atoms with Crippen LogP contribution in [0.5, 0.6) is 0 Å². The topological polar surface area (TPSA) is 96.5 Å². The van der Waals surface area contributed by atoms with E-state index in [0.717, 1.165) is 24.0 Å². The van der Waals surface area contributed by atoms with Gasteiger partial charge in [0.2, 0.25) is 0 Å². The van der Waals surface area contributed by atoms with E-state index in [-0.39, 0.29) is 17.7 Å². The normalized spacial score (nSPS) is 15.6. The minimum Gasteiger partial charge on any atom is -0.376 e. The first kappa shape index (κ1) is 20.5. The van der Waals surface area contributed by atoms with Crippen LogP contribution in [-0.4, -0.2) is 37.0 Å². The van der Waals surface area contributed by atoms with Gasteiger partial charge in [-0.3, -0.25) is 14.4 Å². The Balaban J connectivity index is 1.57. The second kappa shape index (κ2) is 9.84. The van der Waals surface area contributed by atoms with E-state index in [0.29, 0.717) is 25.3 Å². The number of benzene rings is 2. The van der Waals surface area contributed by atoms with E-state index in [2.05, 4.69) is 16.0 Å². The number of hydrogen-bond acceptors (Lipinski definition) is 4. The zero-order valence-electron chi connectivity index (χ0n) is 16.4. The maximum Gasteiger partial charge on any atom is 0.313 e. The van der Waals surface area contributed by atoms with Gasteiger partial charge in [0.15, 0.2) is 0 Å². The van der Waals surface area contributed by atoms with Crippen molar-refractivity contribution in [1.29, 1.82) is 0 Å². The first-order chi connectivity index (χ1) is 14.0. The van der Waals surface area contributed by atoms with Crippen molar-refractivity contribution in [2.45, 2.75) is 32.4 Å². The average Bonchev–Trinajstić information content (AvgIpc) is 3.25. The molecule has 0 aromatic heterocycles. The van der Waals surface area contributed by atoms with Gasteiger partial charge in [-0.15, -0.1) is 0 Å². The van der Waals surface area contributed by atoms with Crippen molar-refractivity contribution in [3.63, 3.8) is 0 Å². The molecule has 3 rings (SSSR count). The van der Waals surface area contributed by atoms with Gasteiger partial charge in [0, 0.05) is 19.7 Å². The molecule has 7 heteroatoms. The van der Waals surface area contributed by atoms with Gasteiger partial charge in [-0.25, -0.2) is 0 Å². The summed E-state index contributed by atoms with van der Waals surface area (Å²) in [4.78, 5) is 36.8. The van der Waals surface area contributed by atoms with Gasteiger partial charge in [-0.05, 0) is 37.5 Å². The fourth-order valence-corrected chi connectivity index (χ4v) is 3.04. The number of carbonyl (C=O) groups is 3. The predicted octanol–water partition coefficient (Wildman–Crippen LogP) is 2.16. The van der Waals surface area contributed by atoms with E-state index in [1.54, 1.807) is 24.3 Å². The number of nitrogens with one attached hydrogen (secondary N) is 3. The zero-order chi connectivity index (χ0) is 20.6. The van der Waals surface area contributed by atoms with Crippen molar-refractivity contribution in [2.24, 2.45) is 0 Å². The molecular weight excluding hydrogens is 370 g/mol. The van der Waals surface area contributed by atoms with Crippen LogP contribution in [0.4, 0.5) is 5.69 Å². The lowest BCUT2D eigenvalue weighted by Crippen LogP contribution is -2.39. The molecule has 0 bridgehead atoms. The van der Waals surface area contributed by atoms with Gasteiger partial charge in [-0.2, -0.15) is 0 Å². The van der Waals surface area contributed by atoms with Gasteiger partial charge in [0.1, 0.15) is 0 Å². The lowest BCUT2D eigenvalue weighted by molar-refractivity contribution is -0.136. The smallest absolute Gasteiger partial charge is 0.313 e. The van der Waals surface area contributed by atoms with Crippen LogP contribution in [0.25, 0.3) is 0 Å². The minimum absolute atomic E-state index is 0.0495. The van der Waals surface area contributed by atoms with Gasteiger partial charge in [0.25, 0.3) is 5.91 Å². The van der Waals surface area contributed by atoms with Crippen molar-refractivity contribution in [3.8, 4) is 0 Å². The molecule has 0 unspecified atom stereocenters. The Labute approximate surface area is 169 Å². The monoisotopic (exact) mass is 395 g/mol. The van der Waals surface area contributed by atoms with Crippen molar-refractivity contribution in [1.82, 2.24) is 10.6 Å². The van der Waals surface area contributed by atoms with Crippen LogP contribution in [0, 0.1) is 6.92 Å². The second-order valence-electron chi connectivity index (χ2n) is 7.01. The van der Waals surface area contributed by atoms with Crippen LogP contribution in [0.2, 0.25) is 0 Å². The number of carbonyl (C=O) groups excluding carboxylic acids is 3. The number of ether oxygens (including phenoxy) is 1. The summed E-state index contributed by atoms with van der Waals surface area (Å²) in [7, 11) is 0.